The Morgan fingerprint density at radius 2 is 1.75 bits per heavy atom. The summed E-state index contributed by atoms with van der Waals surface area (Å²) >= 11 is 6.12. The molecule has 0 radical (unpaired) electrons. The molecule has 0 saturated carbocycles. The Morgan fingerprint density at radius 3 is 2.35 bits per heavy atom. The van der Waals surface area contributed by atoms with Gasteiger partial charge in [-0.25, -0.2) is 0 Å². The first-order valence-electron chi connectivity index (χ1n) is 6.16. The molecule has 0 bridgehead atoms. The first kappa shape index (κ1) is 14.5. The number of hydrogen-bond acceptors (Lipinski definition) is 4. The van der Waals surface area contributed by atoms with Gasteiger partial charge in [-0.3, -0.25) is 0 Å². The molecule has 3 N–H and O–H groups in total. The molecule has 4 nitrogen and oxygen atoms in total. The van der Waals surface area contributed by atoms with Crippen molar-refractivity contribution in [2.24, 2.45) is 5.16 Å². The standard InChI is InChI=1S/C15H15ClN2O2/c16-13-9-5-4-8-12(13)15(18-20)10-14(17-19)11-6-2-1-3-7-11/h1-9,15,18-20H,10H2/b17-14+. The molecule has 0 amide bonds. The Bertz CT molecular complexity index is 587. The number of hydrogen-bond donors (Lipinski definition) is 3. The van der Waals surface area contributed by atoms with E-state index in [2.05, 4.69) is 10.6 Å². The minimum absolute atomic E-state index is 0.306. The monoisotopic (exact) mass is 290 g/mol. The van der Waals surface area contributed by atoms with E-state index >= 15 is 0 Å². The van der Waals surface area contributed by atoms with Crippen LogP contribution in [0.4, 0.5) is 0 Å². The van der Waals surface area contributed by atoms with Crippen molar-refractivity contribution in [1.82, 2.24) is 5.48 Å². The quantitative estimate of drug-likeness (QED) is 0.447. The van der Waals surface area contributed by atoms with Crippen LogP contribution in [0.15, 0.2) is 59.8 Å². The molecule has 0 aromatic heterocycles. The number of halogens is 1. The lowest BCUT2D eigenvalue weighted by molar-refractivity contribution is 0.128. The molecule has 0 saturated heterocycles. The predicted molar refractivity (Wildman–Crippen MR) is 78.5 cm³/mol. The zero-order valence-corrected chi connectivity index (χ0v) is 11.5. The molecule has 1 atom stereocenters. The zero-order valence-electron chi connectivity index (χ0n) is 10.7. The molecule has 1 unspecified atom stereocenters. The fourth-order valence-electron chi connectivity index (χ4n) is 2.02. The Labute approximate surface area is 122 Å². The molecular formula is C15H15ClN2O2. The minimum atomic E-state index is -0.449. The van der Waals surface area contributed by atoms with Crippen molar-refractivity contribution < 1.29 is 10.4 Å². The molecule has 0 heterocycles. The minimum Gasteiger partial charge on any atom is -0.411 e. The molecule has 0 fully saturated rings. The van der Waals surface area contributed by atoms with Crippen LogP contribution in [-0.2, 0) is 0 Å². The Balaban J connectivity index is 2.24. The summed E-state index contributed by atoms with van der Waals surface area (Å²) in [6.45, 7) is 0. The summed E-state index contributed by atoms with van der Waals surface area (Å²) in [5, 5.41) is 22.4. The van der Waals surface area contributed by atoms with E-state index in [4.69, 9.17) is 11.6 Å². The average Bonchev–Trinajstić information content (AvgIpc) is 2.50. The fraction of sp³-hybridized carbons (Fsp3) is 0.133. The Hall–Kier alpha value is -1.88. The van der Waals surface area contributed by atoms with Crippen molar-refractivity contribution in [3.05, 3.63) is 70.7 Å². The number of hydroxylamine groups is 1. The summed E-state index contributed by atoms with van der Waals surface area (Å²) in [6.07, 6.45) is 0.306. The first-order valence-corrected chi connectivity index (χ1v) is 6.54. The van der Waals surface area contributed by atoms with Gasteiger partial charge in [0, 0.05) is 11.4 Å². The third-order valence-corrected chi connectivity index (χ3v) is 3.41. The maximum Gasteiger partial charge on any atom is 0.0887 e. The summed E-state index contributed by atoms with van der Waals surface area (Å²) in [6, 6.07) is 16.1. The second-order valence-corrected chi connectivity index (χ2v) is 4.73. The van der Waals surface area contributed by atoms with E-state index in [9.17, 15) is 10.4 Å². The maximum atomic E-state index is 9.35. The van der Waals surface area contributed by atoms with E-state index in [1.165, 1.54) is 0 Å². The molecule has 2 aromatic rings. The lowest BCUT2D eigenvalue weighted by Crippen LogP contribution is -2.21. The maximum absolute atomic E-state index is 9.35. The van der Waals surface area contributed by atoms with Gasteiger partial charge in [0.1, 0.15) is 0 Å². The van der Waals surface area contributed by atoms with Gasteiger partial charge in [-0.2, -0.15) is 5.48 Å². The highest BCUT2D eigenvalue weighted by molar-refractivity contribution is 6.31. The second-order valence-electron chi connectivity index (χ2n) is 4.32. The van der Waals surface area contributed by atoms with Gasteiger partial charge in [0.05, 0.1) is 11.8 Å². The van der Waals surface area contributed by atoms with Crippen LogP contribution < -0.4 is 5.48 Å². The van der Waals surface area contributed by atoms with Crippen molar-refractivity contribution in [1.29, 1.82) is 0 Å². The molecule has 104 valence electrons. The smallest absolute Gasteiger partial charge is 0.0887 e. The van der Waals surface area contributed by atoms with E-state index in [1.54, 1.807) is 6.07 Å². The average molecular weight is 291 g/mol. The summed E-state index contributed by atoms with van der Waals surface area (Å²) < 4.78 is 0. The van der Waals surface area contributed by atoms with E-state index in [-0.39, 0.29) is 0 Å². The molecule has 2 rings (SSSR count). The van der Waals surface area contributed by atoms with Crippen LogP contribution in [0.1, 0.15) is 23.6 Å². The van der Waals surface area contributed by atoms with Crippen LogP contribution in [0, 0.1) is 0 Å². The summed E-state index contributed by atoms with van der Waals surface area (Å²) in [4.78, 5) is 0. The normalized spacial score (nSPS) is 13.2. The molecular weight excluding hydrogens is 276 g/mol. The van der Waals surface area contributed by atoms with E-state index in [1.807, 2.05) is 48.5 Å². The summed E-state index contributed by atoms with van der Waals surface area (Å²) in [5.74, 6) is 0. The van der Waals surface area contributed by atoms with Gasteiger partial charge in [0.25, 0.3) is 0 Å². The Kier molecular flexibility index (Phi) is 5.12. The highest BCUT2D eigenvalue weighted by atomic mass is 35.5. The van der Waals surface area contributed by atoms with Gasteiger partial charge in [0.15, 0.2) is 0 Å². The third-order valence-electron chi connectivity index (χ3n) is 3.06. The lowest BCUT2D eigenvalue weighted by Gasteiger charge is -2.17. The van der Waals surface area contributed by atoms with Gasteiger partial charge in [-0.05, 0) is 17.2 Å². The van der Waals surface area contributed by atoms with Gasteiger partial charge in [0.2, 0.25) is 0 Å². The zero-order chi connectivity index (χ0) is 14.4. The highest BCUT2D eigenvalue weighted by Gasteiger charge is 2.17. The molecule has 5 heteroatoms. The van der Waals surface area contributed by atoms with Crippen LogP contribution in [0.2, 0.25) is 5.02 Å². The SMILES string of the molecule is O/N=C(\CC(NO)c1ccccc1Cl)c1ccccc1. The van der Waals surface area contributed by atoms with E-state index < -0.39 is 6.04 Å². The number of nitrogens with zero attached hydrogens (tertiary/aromatic N) is 1. The molecule has 0 aliphatic heterocycles. The number of oxime groups is 1. The molecule has 2 aromatic carbocycles. The van der Waals surface area contributed by atoms with Gasteiger partial charge in [-0.1, -0.05) is 65.3 Å². The topological polar surface area (TPSA) is 64.9 Å². The summed E-state index contributed by atoms with van der Waals surface area (Å²) in [7, 11) is 0. The third kappa shape index (κ3) is 3.36. The van der Waals surface area contributed by atoms with Crippen molar-refractivity contribution in [2.45, 2.75) is 12.5 Å². The van der Waals surface area contributed by atoms with Crippen LogP contribution in [0.3, 0.4) is 0 Å². The van der Waals surface area contributed by atoms with Crippen molar-refractivity contribution in [2.75, 3.05) is 0 Å². The van der Waals surface area contributed by atoms with Gasteiger partial charge < -0.3 is 10.4 Å². The second kappa shape index (κ2) is 7.05. The number of rotatable bonds is 5. The van der Waals surface area contributed by atoms with Crippen LogP contribution >= 0.6 is 11.6 Å². The molecule has 20 heavy (non-hydrogen) atoms. The van der Waals surface area contributed by atoms with E-state index in [0.29, 0.717) is 17.2 Å². The molecule has 0 aliphatic carbocycles. The van der Waals surface area contributed by atoms with Crippen LogP contribution in [-0.4, -0.2) is 16.1 Å². The predicted octanol–water partition coefficient (Wildman–Crippen LogP) is 3.63. The molecule has 0 spiro atoms. The van der Waals surface area contributed by atoms with Crippen LogP contribution in [0.5, 0.6) is 0 Å². The Morgan fingerprint density at radius 1 is 1.10 bits per heavy atom. The first-order chi connectivity index (χ1) is 9.76. The van der Waals surface area contributed by atoms with Crippen molar-refractivity contribution in [3.8, 4) is 0 Å². The van der Waals surface area contributed by atoms with E-state index in [0.717, 1.165) is 11.1 Å². The largest absolute Gasteiger partial charge is 0.411 e. The van der Waals surface area contributed by atoms with Gasteiger partial charge in [-0.15, -0.1) is 0 Å². The molecule has 0 aliphatic rings. The fourth-order valence-corrected chi connectivity index (χ4v) is 2.29. The lowest BCUT2D eigenvalue weighted by atomic mass is 9.98. The highest BCUT2D eigenvalue weighted by Crippen LogP contribution is 2.26. The van der Waals surface area contributed by atoms with Crippen LogP contribution in [0.25, 0.3) is 0 Å². The van der Waals surface area contributed by atoms with Crippen molar-refractivity contribution >= 4 is 17.3 Å². The van der Waals surface area contributed by atoms with Crippen molar-refractivity contribution in [3.63, 3.8) is 0 Å². The summed E-state index contributed by atoms with van der Waals surface area (Å²) in [5.41, 5.74) is 4.22. The number of benzene rings is 2. The van der Waals surface area contributed by atoms with Gasteiger partial charge >= 0.3 is 0 Å². The number of nitrogens with one attached hydrogen (secondary N) is 1.